The van der Waals surface area contributed by atoms with E-state index in [2.05, 4.69) is 26.2 Å². The van der Waals surface area contributed by atoms with Crippen LogP contribution in [0.15, 0.2) is 41.0 Å². The third-order valence-corrected chi connectivity index (χ3v) is 2.89. The Morgan fingerprint density at radius 3 is 2.79 bits per heavy atom. The van der Waals surface area contributed by atoms with Crippen LogP contribution in [-0.2, 0) is 0 Å². The lowest BCUT2D eigenvalue weighted by Gasteiger charge is -2.08. The SMILES string of the molecule is COc1ccc(O)c(C(=O)Nc2ccc(Br)cn2)c1. The van der Waals surface area contributed by atoms with Crippen LogP contribution >= 0.6 is 15.9 Å². The molecule has 0 aliphatic heterocycles. The Kier molecular flexibility index (Phi) is 4.01. The van der Waals surface area contributed by atoms with Gasteiger partial charge in [-0.05, 0) is 46.3 Å². The number of aromatic nitrogens is 1. The summed E-state index contributed by atoms with van der Waals surface area (Å²) in [6.07, 6.45) is 1.57. The van der Waals surface area contributed by atoms with Crippen molar-refractivity contribution < 1.29 is 14.6 Å². The number of carbonyl (C=O) groups excluding carboxylic acids is 1. The summed E-state index contributed by atoms with van der Waals surface area (Å²) in [7, 11) is 1.49. The fraction of sp³-hybridized carbons (Fsp3) is 0.0769. The molecule has 2 aromatic rings. The molecule has 0 saturated heterocycles. The molecular formula is C13H11BrN2O3. The zero-order valence-corrected chi connectivity index (χ0v) is 11.6. The Bertz CT molecular complexity index is 599. The average molecular weight is 323 g/mol. The fourth-order valence-corrected chi connectivity index (χ4v) is 1.69. The van der Waals surface area contributed by atoms with Crippen molar-refractivity contribution in [3.05, 3.63) is 46.6 Å². The van der Waals surface area contributed by atoms with Crippen LogP contribution in [0.5, 0.6) is 11.5 Å². The first kappa shape index (κ1) is 13.4. The molecule has 19 heavy (non-hydrogen) atoms. The van der Waals surface area contributed by atoms with Crippen LogP contribution in [0, 0.1) is 0 Å². The number of anilines is 1. The fourth-order valence-electron chi connectivity index (χ4n) is 1.46. The number of halogens is 1. The molecule has 0 bridgehead atoms. The predicted octanol–water partition coefficient (Wildman–Crippen LogP) is 2.81. The van der Waals surface area contributed by atoms with E-state index in [0.29, 0.717) is 11.6 Å². The molecule has 1 aromatic heterocycles. The molecule has 1 amide bonds. The molecule has 1 aromatic carbocycles. The molecule has 98 valence electrons. The van der Waals surface area contributed by atoms with Gasteiger partial charge >= 0.3 is 0 Å². The van der Waals surface area contributed by atoms with Gasteiger partial charge in [0, 0.05) is 10.7 Å². The average Bonchev–Trinajstić information content (AvgIpc) is 2.42. The molecule has 1 heterocycles. The number of nitrogens with zero attached hydrogens (tertiary/aromatic N) is 1. The lowest BCUT2D eigenvalue weighted by atomic mass is 10.1. The Morgan fingerprint density at radius 2 is 2.16 bits per heavy atom. The molecule has 2 N–H and O–H groups in total. The van der Waals surface area contributed by atoms with E-state index < -0.39 is 5.91 Å². The largest absolute Gasteiger partial charge is 0.507 e. The number of carbonyl (C=O) groups is 1. The number of aromatic hydroxyl groups is 1. The van der Waals surface area contributed by atoms with Crippen LogP contribution in [0.3, 0.4) is 0 Å². The molecule has 0 aliphatic carbocycles. The Labute approximate surface area is 118 Å². The van der Waals surface area contributed by atoms with E-state index in [0.717, 1.165) is 4.47 Å². The summed E-state index contributed by atoms with van der Waals surface area (Å²) in [5, 5.41) is 12.3. The molecule has 0 atom stereocenters. The predicted molar refractivity (Wildman–Crippen MR) is 74.5 cm³/mol. The second-order valence-electron chi connectivity index (χ2n) is 3.70. The molecule has 5 nitrogen and oxygen atoms in total. The van der Waals surface area contributed by atoms with Crippen LogP contribution in [0.1, 0.15) is 10.4 Å². The third-order valence-electron chi connectivity index (χ3n) is 2.42. The topological polar surface area (TPSA) is 71.5 Å². The molecule has 0 fully saturated rings. The van der Waals surface area contributed by atoms with Crippen molar-refractivity contribution in [1.29, 1.82) is 0 Å². The molecule has 2 rings (SSSR count). The van der Waals surface area contributed by atoms with Crippen LogP contribution in [0.4, 0.5) is 5.82 Å². The Balaban J connectivity index is 2.22. The van der Waals surface area contributed by atoms with Crippen LogP contribution < -0.4 is 10.1 Å². The van der Waals surface area contributed by atoms with E-state index in [9.17, 15) is 9.90 Å². The first-order valence-corrected chi connectivity index (χ1v) is 6.19. The van der Waals surface area contributed by atoms with Crippen LogP contribution in [-0.4, -0.2) is 23.1 Å². The van der Waals surface area contributed by atoms with Gasteiger partial charge in [-0.2, -0.15) is 0 Å². The minimum atomic E-state index is -0.453. The zero-order valence-electron chi connectivity index (χ0n) is 10.1. The number of rotatable bonds is 3. The molecule has 0 unspecified atom stereocenters. The quantitative estimate of drug-likeness (QED) is 0.911. The number of nitrogens with one attached hydrogen (secondary N) is 1. The molecule has 0 aliphatic rings. The van der Waals surface area contributed by atoms with Gasteiger partial charge in [0.2, 0.25) is 0 Å². The maximum absolute atomic E-state index is 12.0. The van der Waals surface area contributed by atoms with Crippen LogP contribution in [0.25, 0.3) is 0 Å². The van der Waals surface area contributed by atoms with E-state index in [1.807, 2.05) is 0 Å². The maximum Gasteiger partial charge on any atom is 0.260 e. The second kappa shape index (κ2) is 5.71. The van der Waals surface area contributed by atoms with E-state index in [1.54, 1.807) is 24.4 Å². The summed E-state index contributed by atoms with van der Waals surface area (Å²) in [5.74, 6) is 0.323. The van der Waals surface area contributed by atoms with Gasteiger partial charge in [0.05, 0.1) is 12.7 Å². The molecule has 6 heteroatoms. The molecule has 0 saturated carbocycles. The number of hydrogen-bond acceptors (Lipinski definition) is 4. The Hall–Kier alpha value is -2.08. The van der Waals surface area contributed by atoms with Gasteiger partial charge in [-0.15, -0.1) is 0 Å². The van der Waals surface area contributed by atoms with Gasteiger partial charge in [-0.3, -0.25) is 4.79 Å². The first-order chi connectivity index (χ1) is 9.10. The molecular weight excluding hydrogens is 312 g/mol. The van der Waals surface area contributed by atoms with Crippen molar-refractivity contribution in [3.8, 4) is 11.5 Å². The highest BCUT2D eigenvalue weighted by Crippen LogP contribution is 2.23. The minimum Gasteiger partial charge on any atom is -0.507 e. The van der Waals surface area contributed by atoms with E-state index in [4.69, 9.17) is 4.74 Å². The first-order valence-electron chi connectivity index (χ1n) is 5.40. The molecule has 0 radical (unpaired) electrons. The lowest BCUT2D eigenvalue weighted by molar-refractivity contribution is 0.102. The number of methoxy groups -OCH3 is 1. The number of amides is 1. The van der Waals surface area contributed by atoms with E-state index in [1.165, 1.54) is 19.2 Å². The second-order valence-corrected chi connectivity index (χ2v) is 4.61. The number of pyridine rings is 1. The van der Waals surface area contributed by atoms with Crippen molar-refractivity contribution in [3.63, 3.8) is 0 Å². The van der Waals surface area contributed by atoms with Crippen molar-refractivity contribution in [2.75, 3.05) is 12.4 Å². The summed E-state index contributed by atoms with van der Waals surface area (Å²) in [6.45, 7) is 0. The summed E-state index contributed by atoms with van der Waals surface area (Å²) < 4.78 is 5.83. The highest BCUT2D eigenvalue weighted by atomic mass is 79.9. The van der Waals surface area contributed by atoms with Gasteiger partial charge in [0.1, 0.15) is 17.3 Å². The van der Waals surface area contributed by atoms with Gasteiger partial charge in [-0.1, -0.05) is 0 Å². The maximum atomic E-state index is 12.0. The number of ether oxygens (including phenoxy) is 1. The monoisotopic (exact) mass is 322 g/mol. The summed E-state index contributed by atoms with van der Waals surface area (Å²) >= 11 is 3.26. The summed E-state index contributed by atoms with van der Waals surface area (Å²) in [5.41, 5.74) is 0.129. The number of phenols is 1. The smallest absolute Gasteiger partial charge is 0.260 e. The Morgan fingerprint density at radius 1 is 1.37 bits per heavy atom. The van der Waals surface area contributed by atoms with Crippen LogP contribution in [0.2, 0.25) is 0 Å². The van der Waals surface area contributed by atoms with Crippen molar-refractivity contribution in [1.82, 2.24) is 4.98 Å². The third kappa shape index (κ3) is 3.23. The zero-order chi connectivity index (χ0) is 13.8. The minimum absolute atomic E-state index is 0.115. The summed E-state index contributed by atoms with van der Waals surface area (Å²) in [6, 6.07) is 7.85. The highest BCUT2D eigenvalue weighted by Gasteiger charge is 2.13. The van der Waals surface area contributed by atoms with E-state index >= 15 is 0 Å². The highest BCUT2D eigenvalue weighted by molar-refractivity contribution is 9.10. The van der Waals surface area contributed by atoms with Gasteiger partial charge in [0.25, 0.3) is 5.91 Å². The summed E-state index contributed by atoms with van der Waals surface area (Å²) in [4.78, 5) is 16.0. The van der Waals surface area contributed by atoms with Crippen molar-refractivity contribution >= 4 is 27.7 Å². The number of benzene rings is 1. The van der Waals surface area contributed by atoms with Crippen molar-refractivity contribution in [2.24, 2.45) is 0 Å². The van der Waals surface area contributed by atoms with Gasteiger partial charge in [-0.25, -0.2) is 4.98 Å². The number of phenolic OH excluding ortho intramolecular Hbond substituents is 1. The van der Waals surface area contributed by atoms with E-state index in [-0.39, 0.29) is 11.3 Å². The van der Waals surface area contributed by atoms with Gasteiger partial charge in [0.15, 0.2) is 0 Å². The standard InChI is InChI=1S/C13H11BrN2O3/c1-19-9-3-4-11(17)10(6-9)13(18)16-12-5-2-8(14)7-15-12/h2-7,17H,1H3,(H,15,16,18). The normalized spacial score (nSPS) is 10.0. The number of hydrogen-bond donors (Lipinski definition) is 2. The lowest BCUT2D eigenvalue weighted by Crippen LogP contribution is -2.13. The molecule has 0 spiro atoms. The van der Waals surface area contributed by atoms with Gasteiger partial charge < -0.3 is 15.2 Å². The van der Waals surface area contributed by atoms with Crippen molar-refractivity contribution in [2.45, 2.75) is 0 Å².